The van der Waals surface area contributed by atoms with Crippen molar-refractivity contribution >= 4 is 5.91 Å². The van der Waals surface area contributed by atoms with Gasteiger partial charge in [-0.15, -0.1) is 0 Å². The van der Waals surface area contributed by atoms with E-state index in [1.54, 1.807) is 13.8 Å². The molecule has 0 aliphatic rings. The fourth-order valence-electron chi connectivity index (χ4n) is 1.23. The smallest absolute Gasteiger partial charge is 0.387 e. The predicted molar refractivity (Wildman–Crippen MR) is 64.8 cm³/mol. The quantitative estimate of drug-likeness (QED) is 0.892. The van der Waals surface area contributed by atoms with Crippen LogP contribution in [0.5, 0.6) is 5.75 Å². The standard InChI is InChI=1S/C13H14F2N2O2/c1-13(2,7-16)8-17-11(18)9-3-5-10(6-4-9)19-12(14)15/h3-6,12H,8H2,1-2H3,(H,17,18). The van der Waals surface area contributed by atoms with Crippen molar-refractivity contribution in [3.63, 3.8) is 0 Å². The summed E-state index contributed by atoms with van der Waals surface area (Å²) in [6.45, 7) is 0.716. The molecule has 0 saturated heterocycles. The number of alkyl halides is 2. The highest BCUT2D eigenvalue weighted by molar-refractivity contribution is 5.94. The van der Waals surface area contributed by atoms with Gasteiger partial charge in [-0.2, -0.15) is 14.0 Å². The molecule has 0 atom stereocenters. The van der Waals surface area contributed by atoms with E-state index in [1.807, 2.05) is 0 Å². The van der Waals surface area contributed by atoms with Crippen LogP contribution in [0.3, 0.4) is 0 Å². The first-order chi connectivity index (χ1) is 8.84. The van der Waals surface area contributed by atoms with Crippen molar-refractivity contribution in [1.29, 1.82) is 5.26 Å². The van der Waals surface area contributed by atoms with Crippen molar-refractivity contribution in [2.24, 2.45) is 5.41 Å². The number of nitriles is 1. The summed E-state index contributed by atoms with van der Waals surface area (Å²) >= 11 is 0. The number of rotatable bonds is 5. The molecule has 0 aliphatic heterocycles. The number of nitrogens with one attached hydrogen (secondary N) is 1. The summed E-state index contributed by atoms with van der Waals surface area (Å²) < 4.78 is 28.0. The van der Waals surface area contributed by atoms with Gasteiger partial charge in [0.05, 0.1) is 11.5 Å². The molecule has 19 heavy (non-hydrogen) atoms. The van der Waals surface area contributed by atoms with Crippen LogP contribution in [0.2, 0.25) is 0 Å². The Hall–Kier alpha value is -2.16. The summed E-state index contributed by atoms with van der Waals surface area (Å²) in [5.74, 6) is -0.379. The van der Waals surface area contributed by atoms with Crippen LogP contribution in [0.15, 0.2) is 24.3 Å². The van der Waals surface area contributed by atoms with Gasteiger partial charge in [0, 0.05) is 12.1 Å². The zero-order valence-corrected chi connectivity index (χ0v) is 10.6. The van der Waals surface area contributed by atoms with Crippen LogP contribution < -0.4 is 10.1 Å². The number of hydrogen-bond donors (Lipinski definition) is 1. The number of hydrogen-bond acceptors (Lipinski definition) is 3. The summed E-state index contributed by atoms with van der Waals surface area (Å²) in [4.78, 5) is 11.7. The molecule has 0 spiro atoms. The minimum Gasteiger partial charge on any atom is -0.435 e. The molecule has 1 N–H and O–H groups in total. The number of carbonyl (C=O) groups is 1. The number of ether oxygens (including phenoxy) is 1. The van der Waals surface area contributed by atoms with Gasteiger partial charge in [0.2, 0.25) is 0 Å². The molecule has 0 heterocycles. The van der Waals surface area contributed by atoms with Gasteiger partial charge >= 0.3 is 6.61 Å². The van der Waals surface area contributed by atoms with E-state index in [9.17, 15) is 13.6 Å². The van der Waals surface area contributed by atoms with Gasteiger partial charge in [-0.3, -0.25) is 4.79 Å². The minimum atomic E-state index is -2.89. The predicted octanol–water partition coefficient (Wildman–Crippen LogP) is 2.57. The first kappa shape index (κ1) is 14.9. The van der Waals surface area contributed by atoms with Crippen LogP contribution in [0.4, 0.5) is 8.78 Å². The Morgan fingerprint density at radius 3 is 2.47 bits per heavy atom. The molecule has 0 radical (unpaired) electrons. The molecule has 1 amide bonds. The Balaban J connectivity index is 2.61. The molecule has 0 unspecified atom stereocenters. The zero-order valence-electron chi connectivity index (χ0n) is 10.6. The second-order valence-electron chi connectivity index (χ2n) is 4.58. The average Bonchev–Trinajstić information content (AvgIpc) is 2.36. The summed E-state index contributed by atoms with van der Waals surface area (Å²) in [6.07, 6.45) is 0. The fraction of sp³-hybridized carbons (Fsp3) is 0.385. The largest absolute Gasteiger partial charge is 0.435 e. The second kappa shape index (κ2) is 6.14. The molecule has 0 aliphatic carbocycles. The number of nitrogens with zero attached hydrogens (tertiary/aromatic N) is 1. The monoisotopic (exact) mass is 268 g/mol. The molecular formula is C13H14F2N2O2. The molecule has 6 heteroatoms. The lowest BCUT2D eigenvalue weighted by Gasteiger charge is -2.15. The lowest BCUT2D eigenvalue weighted by atomic mass is 9.96. The van der Waals surface area contributed by atoms with Crippen LogP contribution >= 0.6 is 0 Å². The molecular weight excluding hydrogens is 254 g/mol. The van der Waals surface area contributed by atoms with E-state index in [0.29, 0.717) is 5.56 Å². The maximum atomic E-state index is 11.9. The van der Waals surface area contributed by atoms with E-state index in [1.165, 1.54) is 24.3 Å². The van der Waals surface area contributed by atoms with Crippen LogP contribution in [0.25, 0.3) is 0 Å². The van der Waals surface area contributed by atoms with Gasteiger partial charge in [0.15, 0.2) is 0 Å². The Labute approximate surface area is 110 Å². The van der Waals surface area contributed by atoms with Gasteiger partial charge in [-0.05, 0) is 38.1 Å². The molecule has 0 fully saturated rings. The van der Waals surface area contributed by atoms with Gasteiger partial charge in [0.25, 0.3) is 5.91 Å². The highest BCUT2D eigenvalue weighted by atomic mass is 19.3. The summed E-state index contributed by atoms with van der Waals surface area (Å²) in [6, 6.07) is 7.40. The summed E-state index contributed by atoms with van der Waals surface area (Å²) in [5, 5.41) is 11.4. The molecule has 0 bridgehead atoms. The highest BCUT2D eigenvalue weighted by Gasteiger charge is 2.18. The van der Waals surface area contributed by atoms with Crippen molar-refractivity contribution < 1.29 is 18.3 Å². The van der Waals surface area contributed by atoms with E-state index >= 15 is 0 Å². The number of benzene rings is 1. The Morgan fingerprint density at radius 2 is 2.00 bits per heavy atom. The van der Waals surface area contributed by atoms with E-state index in [4.69, 9.17) is 5.26 Å². The molecule has 1 rings (SSSR count). The zero-order chi connectivity index (χ0) is 14.5. The van der Waals surface area contributed by atoms with Crippen molar-refractivity contribution in [1.82, 2.24) is 5.32 Å². The van der Waals surface area contributed by atoms with Crippen molar-refractivity contribution in [2.45, 2.75) is 20.5 Å². The first-order valence-corrected chi connectivity index (χ1v) is 5.58. The second-order valence-corrected chi connectivity index (χ2v) is 4.58. The fourth-order valence-corrected chi connectivity index (χ4v) is 1.23. The number of carbonyl (C=O) groups excluding carboxylic acids is 1. The van der Waals surface area contributed by atoms with E-state index in [2.05, 4.69) is 16.1 Å². The van der Waals surface area contributed by atoms with E-state index in [-0.39, 0.29) is 18.2 Å². The molecule has 4 nitrogen and oxygen atoms in total. The van der Waals surface area contributed by atoms with Crippen molar-refractivity contribution in [2.75, 3.05) is 6.54 Å². The average molecular weight is 268 g/mol. The number of amides is 1. The van der Waals surface area contributed by atoms with E-state index < -0.39 is 12.0 Å². The Bertz CT molecular complexity index is 478. The summed E-state index contributed by atoms with van der Waals surface area (Å²) in [5.41, 5.74) is -0.343. The van der Waals surface area contributed by atoms with Crippen molar-refractivity contribution in [3.8, 4) is 11.8 Å². The third-order valence-corrected chi connectivity index (χ3v) is 2.34. The topological polar surface area (TPSA) is 62.1 Å². The summed E-state index contributed by atoms with van der Waals surface area (Å²) in [7, 11) is 0. The minimum absolute atomic E-state index is 0.0103. The molecule has 0 saturated carbocycles. The number of halogens is 2. The maximum absolute atomic E-state index is 11.9. The lowest BCUT2D eigenvalue weighted by Crippen LogP contribution is -2.33. The van der Waals surface area contributed by atoms with Gasteiger partial charge in [-0.25, -0.2) is 0 Å². The van der Waals surface area contributed by atoms with Crippen LogP contribution in [-0.2, 0) is 0 Å². The lowest BCUT2D eigenvalue weighted by molar-refractivity contribution is -0.0498. The van der Waals surface area contributed by atoms with Gasteiger partial charge in [-0.1, -0.05) is 0 Å². The Kier molecular flexibility index (Phi) is 4.81. The molecule has 1 aromatic carbocycles. The van der Waals surface area contributed by atoms with E-state index in [0.717, 1.165) is 0 Å². The van der Waals surface area contributed by atoms with Gasteiger partial charge < -0.3 is 10.1 Å². The molecule has 102 valence electrons. The SMILES string of the molecule is CC(C)(C#N)CNC(=O)c1ccc(OC(F)F)cc1. The first-order valence-electron chi connectivity index (χ1n) is 5.58. The molecule has 0 aromatic heterocycles. The third kappa shape index (κ3) is 4.92. The van der Waals surface area contributed by atoms with Crippen LogP contribution in [-0.4, -0.2) is 19.1 Å². The molecule has 1 aromatic rings. The highest BCUT2D eigenvalue weighted by Crippen LogP contribution is 2.15. The maximum Gasteiger partial charge on any atom is 0.387 e. The van der Waals surface area contributed by atoms with Crippen molar-refractivity contribution in [3.05, 3.63) is 29.8 Å². The third-order valence-electron chi connectivity index (χ3n) is 2.34. The normalized spacial score (nSPS) is 10.9. The van der Waals surface area contributed by atoms with Gasteiger partial charge in [0.1, 0.15) is 5.75 Å². The Morgan fingerprint density at radius 1 is 1.42 bits per heavy atom. The van der Waals surface area contributed by atoms with Crippen LogP contribution in [0.1, 0.15) is 24.2 Å². The van der Waals surface area contributed by atoms with Crippen LogP contribution in [0, 0.1) is 16.7 Å².